The molecule has 1 aliphatic heterocycles. The summed E-state index contributed by atoms with van der Waals surface area (Å²) in [6.07, 6.45) is -1.15. The van der Waals surface area contributed by atoms with Gasteiger partial charge in [0, 0.05) is 27.1 Å². The first-order chi connectivity index (χ1) is 10.4. The quantitative estimate of drug-likeness (QED) is 0.866. The van der Waals surface area contributed by atoms with Crippen molar-refractivity contribution in [3.8, 4) is 0 Å². The SMILES string of the molecule is C=CC(=O)N1CCC[C@H](NCc2ccc(C(F)(F)F)cc2)C1.[HH]. The van der Waals surface area contributed by atoms with E-state index in [0.717, 1.165) is 37.1 Å². The van der Waals surface area contributed by atoms with Crippen molar-refractivity contribution < 1.29 is 19.4 Å². The van der Waals surface area contributed by atoms with Crippen molar-refractivity contribution in [1.29, 1.82) is 0 Å². The Balaban J connectivity index is 0.00000264. The van der Waals surface area contributed by atoms with Crippen LogP contribution in [0.2, 0.25) is 0 Å². The minimum atomic E-state index is -4.30. The second kappa shape index (κ2) is 6.96. The van der Waals surface area contributed by atoms with Gasteiger partial charge in [0.15, 0.2) is 0 Å². The number of carbonyl (C=O) groups is 1. The van der Waals surface area contributed by atoms with E-state index in [1.54, 1.807) is 4.90 Å². The molecule has 1 heterocycles. The number of alkyl halides is 3. The molecular weight excluding hydrogens is 293 g/mol. The van der Waals surface area contributed by atoms with Gasteiger partial charge in [0.2, 0.25) is 5.91 Å². The third-order valence-electron chi connectivity index (χ3n) is 3.78. The van der Waals surface area contributed by atoms with Gasteiger partial charge in [-0.15, -0.1) is 0 Å². The zero-order valence-electron chi connectivity index (χ0n) is 12.2. The van der Waals surface area contributed by atoms with Crippen LogP contribution in [0.5, 0.6) is 0 Å². The summed E-state index contributed by atoms with van der Waals surface area (Å²) in [5.41, 5.74) is 0.150. The van der Waals surface area contributed by atoms with Crippen molar-refractivity contribution in [3.63, 3.8) is 0 Å². The first-order valence-electron chi connectivity index (χ1n) is 7.21. The van der Waals surface area contributed by atoms with Crippen molar-refractivity contribution in [2.75, 3.05) is 13.1 Å². The molecule has 0 aromatic heterocycles. The Morgan fingerprint density at radius 1 is 1.41 bits per heavy atom. The normalized spacial score (nSPS) is 19.0. The van der Waals surface area contributed by atoms with Crippen LogP contribution >= 0.6 is 0 Å². The summed E-state index contributed by atoms with van der Waals surface area (Å²) in [7, 11) is 0. The van der Waals surface area contributed by atoms with Gasteiger partial charge in [0.1, 0.15) is 0 Å². The highest BCUT2D eigenvalue weighted by atomic mass is 19.4. The van der Waals surface area contributed by atoms with Gasteiger partial charge < -0.3 is 10.2 Å². The Bertz CT molecular complexity index is 531. The van der Waals surface area contributed by atoms with E-state index in [2.05, 4.69) is 11.9 Å². The lowest BCUT2D eigenvalue weighted by atomic mass is 10.0. The van der Waals surface area contributed by atoms with Crippen molar-refractivity contribution in [1.82, 2.24) is 10.2 Å². The highest BCUT2D eigenvalue weighted by Gasteiger charge is 2.30. The van der Waals surface area contributed by atoms with Gasteiger partial charge in [-0.25, -0.2) is 0 Å². The summed E-state index contributed by atoms with van der Waals surface area (Å²) in [6, 6.07) is 5.29. The summed E-state index contributed by atoms with van der Waals surface area (Å²) in [5, 5.41) is 3.30. The van der Waals surface area contributed by atoms with Gasteiger partial charge >= 0.3 is 6.18 Å². The first-order valence-corrected chi connectivity index (χ1v) is 7.21. The fourth-order valence-electron chi connectivity index (χ4n) is 2.55. The zero-order valence-corrected chi connectivity index (χ0v) is 12.2. The molecule has 1 aromatic carbocycles. The fourth-order valence-corrected chi connectivity index (χ4v) is 2.55. The minimum Gasteiger partial charge on any atom is -0.338 e. The molecule has 0 bridgehead atoms. The molecule has 122 valence electrons. The van der Waals surface area contributed by atoms with Crippen molar-refractivity contribution in [3.05, 3.63) is 48.0 Å². The standard InChI is InChI=1S/C16H19F3N2O.H2/c1-2-15(22)21-9-3-4-14(11-21)20-10-12-5-7-13(8-6-12)16(17,18)19;/h2,5-8,14,20H,1,3-4,9-11H2;1H/t14-;/m0./s1. The van der Waals surface area contributed by atoms with E-state index in [1.807, 2.05) is 0 Å². The van der Waals surface area contributed by atoms with Crippen LogP contribution in [0.15, 0.2) is 36.9 Å². The lowest BCUT2D eigenvalue weighted by molar-refractivity contribution is -0.137. The molecular formula is C16H21F3N2O. The Kier molecular flexibility index (Phi) is 5.24. The average molecular weight is 314 g/mol. The molecule has 0 saturated carbocycles. The van der Waals surface area contributed by atoms with Gasteiger partial charge in [-0.05, 0) is 36.6 Å². The van der Waals surface area contributed by atoms with E-state index in [1.165, 1.54) is 18.2 Å². The number of hydrogen-bond acceptors (Lipinski definition) is 2. The Morgan fingerprint density at radius 2 is 2.09 bits per heavy atom. The van der Waals surface area contributed by atoms with Gasteiger partial charge in [-0.1, -0.05) is 18.7 Å². The van der Waals surface area contributed by atoms with E-state index in [-0.39, 0.29) is 13.4 Å². The number of amides is 1. The second-order valence-corrected chi connectivity index (χ2v) is 5.40. The molecule has 1 aliphatic rings. The number of halogens is 3. The summed E-state index contributed by atoms with van der Waals surface area (Å²) < 4.78 is 37.5. The van der Waals surface area contributed by atoms with Crippen LogP contribution < -0.4 is 5.32 Å². The summed E-state index contributed by atoms with van der Waals surface area (Å²) in [4.78, 5) is 13.3. The molecule has 0 unspecified atom stereocenters. The van der Waals surface area contributed by atoms with E-state index in [4.69, 9.17) is 0 Å². The van der Waals surface area contributed by atoms with Crippen molar-refractivity contribution in [2.24, 2.45) is 0 Å². The monoisotopic (exact) mass is 314 g/mol. The van der Waals surface area contributed by atoms with E-state index < -0.39 is 11.7 Å². The zero-order chi connectivity index (χ0) is 16.2. The van der Waals surface area contributed by atoms with Crippen molar-refractivity contribution in [2.45, 2.75) is 31.6 Å². The van der Waals surface area contributed by atoms with Gasteiger partial charge in [-0.3, -0.25) is 4.79 Å². The van der Waals surface area contributed by atoms with E-state index in [0.29, 0.717) is 13.1 Å². The molecule has 22 heavy (non-hydrogen) atoms. The number of benzene rings is 1. The fraction of sp³-hybridized carbons (Fsp3) is 0.438. The number of hydrogen-bond donors (Lipinski definition) is 1. The number of rotatable bonds is 4. The van der Waals surface area contributed by atoms with E-state index >= 15 is 0 Å². The maximum Gasteiger partial charge on any atom is 0.416 e. The molecule has 6 heteroatoms. The maximum atomic E-state index is 12.5. The molecule has 1 amide bonds. The van der Waals surface area contributed by atoms with E-state index in [9.17, 15) is 18.0 Å². The molecule has 0 spiro atoms. The number of likely N-dealkylation sites (tertiary alicyclic amines) is 1. The predicted octanol–water partition coefficient (Wildman–Crippen LogP) is 3.22. The molecule has 1 fully saturated rings. The molecule has 0 radical (unpaired) electrons. The van der Waals surface area contributed by atoms with Gasteiger partial charge in [-0.2, -0.15) is 13.2 Å². The van der Waals surface area contributed by atoms with Gasteiger partial charge in [0.05, 0.1) is 5.56 Å². The molecule has 2 rings (SSSR count). The molecule has 0 aliphatic carbocycles. The molecule has 3 nitrogen and oxygen atoms in total. The highest BCUT2D eigenvalue weighted by Crippen LogP contribution is 2.29. The minimum absolute atomic E-state index is 0. The van der Waals surface area contributed by atoms with Gasteiger partial charge in [0.25, 0.3) is 0 Å². The molecule has 1 aromatic rings. The lowest BCUT2D eigenvalue weighted by Gasteiger charge is -2.32. The first kappa shape index (κ1) is 16.5. The number of nitrogens with zero attached hydrogens (tertiary/aromatic N) is 1. The number of carbonyl (C=O) groups excluding carboxylic acids is 1. The molecule has 1 N–H and O–H groups in total. The topological polar surface area (TPSA) is 32.3 Å². The van der Waals surface area contributed by atoms with Crippen LogP contribution in [-0.4, -0.2) is 29.9 Å². The third kappa shape index (κ3) is 4.34. The predicted molar refractivity (Wildman–Crippen MR) is 80.2 cm³/mol. The largest absolute Gasteiger partial charge is 0.416 e. The van der Waals surface area contributed by atoms with Crippen LogP contribution in [0, 0.1) is 0 Å². The Morgan fingerprint density at radius 3 is 2.68 bits per heavy atom. The van der Waals surface area contributed by atoms with Crippen LogP contribution in [0.4, 0.5) is 13.2 Å². The Hall–Kier alpha value is -1.82. The summed E-state index contributed by atoms with van der Waals surface area (Å²) in [6.45, 7) is 5.29. The maximum absolute atomic E-state index is 12.5. The highest BCUT2D eigenvalue weighted by molar-refractivity contribution is 5.87. The molecule has 1 saturated heterocycles. The summed E-state index contributed by atoms with van der Waals surface area (Å²) in [5.74, 6) is -0.0824. The van der Waals surface area contributed by atoms with Crippen LogP contribution in [-0.2, 0) is 17.5 Å². The van der Waals surface area contributed by atoms with Crippen LogP contribution in [0.1, 0.15) is 25.4 Å². The lowest BCUT2D eigenvalue weighted by Crippen LogP contribution is -2.47. The summed E-state index contributed by atoms with van der Waals surface area (Å²) >= 11 is 0. The second-order valence-electron chi connectivity index (χ2n) is 5.40. The molecule has 1 atom stereocenters. The van der Waals surface area contributed by atoms with Crippen molar-refractivity contribution >= 4 is 5.91 Å². The Labute approximate surface area is 129 Å². The number of piperidine rings is 1. The van der Waals surface area contributed by atoms with Crippen LogP contribution in [0.3, 0.4) is 0 Å². The number of nitrogens with one attached hydrogen (secondary N) is 1. The average Bonchev–Trinajstić information content (AvgIpc) is 2.52. The van der Waals surface area contributed by atoms with Crippen LogP contribution in [0.25, 0.3) is 0 Å². The smallest absolute Gasteiger partial charge is 0.338 e. The third-order valence-corrected chi connectivity index (χ3v) is 3.78.